The maximum absolute atomic E-state index is 11.7. The Labute approximate surface area is 98.2 Å². The van der Waals surface area contributed by atoms with Crippen molar-refractivity contribution in [2.75, 3.05) is 0 Å². The molecule has 2 unspecified atom stereocenters. The zero-order valence-corrected chi connectivity index (χ0v) is 10.1. The van der Waals surface area contributed by atoms with Crippen LogP contribution in [-0.4, -0.2) is 18.0 Å². The van der Waals surface area contributed by atoms with Crippen LogP contribution >= 0.6 is 0 Å². The van der Waals surface area contributed by atoms with Crippen molar-refractivity contribution in [2.45, 2.75) is 69.9 Å². The fraction of sp³-hybridized carbons (Fsp3) is 0.923. The van der Waals surface area contributed by atoms with Gasteiger partial charge in [-0.2, -0.15) is 0 Å². The van der Waals surface area contributed by atoms with Gasteiger partial charge in [0.25, 0.3) is 0 Å². The molecule has 0 heterocycles. The van der Waals surface area contributed by atoms with Gasteiger partial charge in [0.1, 0.15) is 0 Å². The smallest absolute Gasteiger partial charge is 0.220 e. The third-order valence-electron chi connectivity index (χ3n) is 4.09. The van der Waals surface area contributed by atoms with E-state index in [0.29, 0.717) is 12.1 Å². The molecule has 2 saturated carbocycles. The summed E-state index contributed by atoms with van der Waals surface area (Å²) in [5.41, 5.74) is 5.82. The molecule has 16 heavy (non-hydrogen) atoms. The highest BCUT2D eigenvalue weighted by Crippen LogP contribution is 2.28. The van der Waals surface area contributed by atoms with Crippen LogP contribution in [-0.2, 0) is 4.79 Å². The summed E-state index contributed by atoms with van der Waals surface area (Å²) < 4.78 is 0. The van der Waals surface area contributed by atoms with Crippen LogP contribution in [0.5, 0.6) is 0 Å². The van der Waals surface area contributed by atoms with E-state index < -0.39 is 0 Å². The number of carbonyl (C=O) groups is 1. The molecule has 0 saturated heterocycles. The number of hydrogen-bond acceptors (Lipinski definition) is 2. The van der Waals surface area contributed by atoms with Gasteiger partial charge in [-0.05, 0) is 31.6 Å². The summed E-state index contributed by atoms with van der Waals surface area (Å²) in [5, 5.41) is 3.11. The van der Waals surface area contributed by atoms with E-state index in [1.807, 2.05) is 0 Å². The Hall–Kier alpha value is -0.570. The molecule has 2 fully saturated rings. The lowest BCUT2D eigenvalue weighted by atomic mass is 10.0. The highest BCUT2D eigenvalue weighted by atomic mass is 16.1. The first-order valence-corrected chi connectivity index (χ1v) is 6.79. The summed E-state index contributed by atoms with van der Waals surface area (Å²) in [6.45, 7) is 0. The molecule has 0 spiro atoms. The predicted octanol–water partition coefficient (Wildman–Crippen LogP) is 1.95. The summed E-state index contributed by atoms with van der Waals surface area (Å²) in [6.07, 6.45) is 10.3. The van der Waals surface area contributed by atoms with E-state index in [1.165, 1.54) is 25.7 Å². The SMILES string of the molecule is NC1CCC(NC(=O)CCC2CCCC2)C1. The van der Waals surface area contributed by atoms with Gasteiger partial charge in [0.15, 0.2) is 0 Å². The van der Waals surface area contributed by atoms with Crippen molar-refractivity contribution in [1.29, 1.82) is 0 Å². The quantitative estimate of drug-likeness (QED) is 0.767. The van der Waals surface area contributed by atoms with Gasteiger partial charge in [0.05, 0.1) is 0 Å². The van der Waals surface area contributed by atoms with Crippen LogP contribution in [0.15, 0.2) is 0 Å². The predicted molar refractivity (Wildman–Crippen MR) is 64.9 cm³/mol. The highest BCUT2D eigenvalue weighted by Gasteiger charge is 2.23. The van der Waals surface area contributed by atoms with E-state index in [0.717, 1.165) is 38.0 Å². The van der Waals surface area contributed by atoms with E-state index in [4.69, 9.17) is 5.73 Å². The molecule has 2 atom stereocenters. The van der Waals surface area contributed by atoms with Crippen LogP contribution in [0.4, 0.5) is 0 Å². The van der Waals surface area contributed by atoms with Crippen LogP contribution < -0.4 is 11.1 Å². The lowest BCUT2D eigenvalue weighted by Gasteiger charge is -2.13. The van der Waals surface area contributed by atoms with Gasteiger partial charge in [-0.3, -0.25) is 4.79 Å². The van der Waals surface area contributed by atoms with Crippen LogP contribution in [0.2, 0.25) is 0 Å². The van der Waals surface area contributed by atoms with E-state index in [2.05, 4.69) is 5.32 Å². The van der Waals surface area contributed by atoms with Crippen molar-refractivity contribution >= 4 is 5.91 Å². The summed E-state index contributed by atoms with van der Waals surface area (Å²) in [7, 11) is 0. The minimum Gasteiger partial charge on any atom is -0.353 e. The molecule has 2 aliphatic rings. The second kappa shape index (κ2) is 5.67. The van der Waals surface area contributed by atoms with E-state index in [-0.39, 0.29) is 5.91 Å². The van der Waals surface area contributed by atoms with Gasteiger partial charge in [0.2, 0.25) is 5.91 Å². The van der Waals surface area contributed by atoms with E-state index in [1.54, 1.807) is 0 Å². The Kier molecular flexibility index (Phi) is 4.22. The molecule has 0 radical (unpaired) electrons. The number of rotatable bonds is 4. The zero-order chi connectivity index (χ0) is 11.4. The summed E-state index contributed by atoms with van der Waals surface area (Å²) >= 11 is 0. The average molecular weight is 224 g/mol. The van der Waals surface area contributed by atoms with Gasteiger partial charge >= 0.3 is 0 Å². The minimum atomic E-state index is 0.242. The number of carbonyl (C=O) groups excluding carboxylic acids is 1. The first-order chi connectivity index (χ1) is 7.74. The van der Waals surface area contributed by atoms with Crippen molar-refractivity contribution in [1.82, 2.24) is 5.32 Å². The summed E-state index contributed by atoms with van der Waals surface area (Å²) in [5.74, 6) is 1.06. The number of nitrogens with one attached hydrogen (secondary N) is 1. The van der Waals surface area contributed by atoms with E-state index >= 15 is 0 Å². The Morgan fingerprint density at radius 2 is 1.94 bits per heavy atom. The third kappa shape index (κ3) is 3.48. The Balaban J connectivity index is 1.60. The molecule has 0 bridgehead atoms. The molecular weight excluding hydrogens is 200 g/mol. The second-order valence-electron chi connectivity index (χ2n) is 5.53. The first kappa shape index (κ1) is 11.9. The van der Waals surface area contributed by atoms with E-state index in [9.17, 15) is 4.79 Å². The molecule has 0 aromatic heterocycles. The van der Waals surface area contributed by atoms with Gasteiger partial charge < -0.3 is 11.1 Å². The molecule has 3 N–H and O–H groups in total. The molecule has 1 amide bonds. The Morgan fingerprint density at radius 3 is 2.56 bits per heavy atom. The lowest BCUT2D eigenvalue weighted by Crippen LogP contribution is -2.34. The normalized spacial score (nSPS) is 30.8. The van der Waals surface area contributed by atoms with Crippen molar-refractivity contribution in [3.8, 4) is 0 Å². The number of amides is 1. The standard InChI is InChI=1S/C13H24N2O/c14-11-6-7-12(9-11)15-13(16)8-5-10-3-1-2-4-10/h10-12H,1-9,14H2,(H,15,16). The fourth-order valence-electron chi connectivity index (χ4n) is 3.08. The minimum absolute atomic E-state index is 0.242. The van der Waals surface area contributed by atoms with Crippen molar-refractivity contribution in [2.24, 2.45) is 11.7 Å². The molecule has 3 heteroatoms. The molecule has 0 aromatic carbocycles. The Bertz CT molecular complexity index is 236. The maximum atomic E-state index is 11.7. The van der Waals surface area contributed by atoms with Crippen molar-refractivity contribution < 1.29 is 4.79 Å². The number of nitrogens with two attached hydrogens (primary N) is 1. The zero-order valence-electron chi connectivity index (χ0n) is 10.1. The third-order valence-corrected chi connectivity index (χ3v) is 4.09. The van der Waals surface area contributed by atoms with Crippen molar-refractivity contribution in [3.05, 3.63) is 0 Å². The van der Waals surface area contributed by atoms with Crippen LogP contribution in [0.1, 0.15) is 57.8 Å². The average Bonchev–Trinajstić information content (AvgIpc) is 2.87. The lowest BCUT2D eigenvalue weighted by molar-refractivity contribution is -0.122. The molecule has 2 rings (SSSR count). The van der Waals surface area contributed by atoms with Gasteiger partial charge in [-0.15, -0.1) is 0 Å². The topological polar surface area (TPSA) is 55.1 Å². The summed E-state index contributed by atoms with van der Waals surface area (Å²) in [6, 6.07) is 0.659. The molecule has 0 aromatic rings. The highest BCUT2D eigenvalue weighted by molar-refractivity contribution is 5.76. The largest absolute Gasteiger partial charge is 0.353 e. The van der Waals surface area contributed by atoms with Crippen molar-refractivity contribution in [3.63, 3.8) is 0 Å². The maximum Gasteiger partial charge on any atom is 0.220 e. The van der Waals surface area contributed by atoms with Gasteiger partial charge in [0, 0.05) is 18.5 Å². The van der Waals surface area contributed by atoms with Crippen LogP contribution in [0.3, 0.4) is 0 Å². The number of hydrogen-bond donors (Lipinski definition) is 2. The molecule has 0 aliphatic heterocycles. The van der Waals surface area contributed by atoms with Crippen LogP contribution in [0, 0.1) is 5.92 Å². The van der Waals surface area contributed by atoms with Crippen LogP contribution in [0.25, 0.3) is 0 Å². The second-order valence-corrected chi connectivity index (χ2v) is 5.53. The molecule has 3 nitrogen and oxygen atoms in total. The molecule has 2 aliphatic carbocycles. The molecular formula is C13H24N2O. The summed E-state index contributed by atoms with van der Waals surface area (Å²) in [4.78, 5) is 11.7. The fourth-order valence-corrected chi connectivity index (χ4v) is 3.08. The van der Waals surface area contributed by atoms with Gasteiger partial charge in [-0.1, -0.05) is 25.7 Å². The van der Waals surface area contributed by atoms with Gasteiger partial charge in [-0.25, -0.2) is 0 Å². The Morgan fingerprint density at radius 1 is 1.19 bits per heavy atom. The molecule has 92 valence electrons. The first-order valence-electron chi connectivity index (χ1n) is 6.79. The monoisotopic (exact) mass is 224 g/mol.